The van der Waals surface area contributed by atoms with Gasteiger partial charge in [-0.2, -0.15) is 0 Å². The largest absolute Gasteiger partial charge is 0.491 e. The van der Waals surface area contributed by atoms with Gasteiger partial charge < -0.3 is 18.9 Å². The minimum atomic E-state index is -0.622. The zero-order valence-corrected chi connectivity index (χ0v) is 28.6. The van der Waals surface area contributed by atoms with Crippen molar-refractivity contribution in [1.82, 2.24) is 0 Å². The average Bonchev–Trinajstić information content (AvgIpc) is 3.30. The highest BCUT2D eigenvalue weighted by Crippen LogP contribution is 2.41. The van der Waals surface area contributed by atoms with Crippen LogP contribution in [0.2, 0.25) is 0 Å². The molecule has 5 aromatic rings. The Kier molecular flexibility index (Phi) is 11.4. The molecule has 0 bridgehead atoms. The Hall–Kier alpha value is -4.97. The lowest BCUT2D eigenvalue weighted by Crippen LogP contribution is -2.28. The number of benzene rings is 5. The molecule has 0 aromatic heterocycles. The maximum atomic E-state index is 12.3. The van der Waals surface area contributed by atoms with Crippen LogP contribution in [0.1, 0.15) is 60.3 Å². The highest BCUT2D eigenvalue weighted by Gasteiger charge is 2.26. The topological polar surface area (TPSA) is 54.0 Å². The molecular weight excluding hydrogens is 608 g/mol. The van der Waals surface area contributed by atoms with E-state index in [-0.39, 0.29) is 12.1 Å². The standard InChI is InChI=1S/C44H44O5/c1-4-32-28-37(34-15-11-8-12-16-34)30-41-39(32)24-21-35-19-20-36(33-13-9-7-10-14-33)29-40(35)43(41)49-26-25-48-38-22-17-31(18-23-38)27-42(46-5-2)44(45)47-6-3/h7-24,28-30,42-43H,4-6,25-27H2,1-3H3. The molecule has 2 atom stereocenters. The fourth-order valence-corrected chi connectivity index (χ4v) is 6.44. The number of carbonyl (C=O) groups excluding carboxylic acids is 1. The van der Waals surface area contributed by atoms with Crippen molar-refractivity contribution in [3.8, 4) is 28.0 Å². The first-order valence-electron chi connectivity index (χ1n) is 17.3. The van der Waals surface area contributed by atoms with E-state index < -0.39 is 6.10 Å². The van der Waals surface area contributed by atoms with Crippen LogP contribution < -0.4 is 4.74 Å². The summed E-state index contributed by atoms with van der Waals surface area (Å²) in [5.74, 6) is 0.405. The summed E-state index contributed by atoms with van der Waals surface area (Å²) in [4.78, 5) is 12.3. The summed E-state index contributed by atoms with van der Waals surface area (Å²) in [6, 6.07) is 40.1. The van der Waals surface area contributed by atoms with Gasteiger partial charge in [0.1, 0.15) is 18.5 Å². The average molecular weight is 653 g/mol. The molecule has 0 aliphatic heterocycles. The number of hydrogen-bond donors (Lipinski definition) is 0. The van der Waals surface area contributed by atoms with Crippen molar-refractivity contribution in [3.05, 3.63) is 149 Å². The van der Waals surface area contributed by atoms with E-state index in [0.717, 1.165) is 40.0 Å². The third-order valence-electron chi connectivity index (χ3n) is 8.87. The van der Waals surface area contributed by atoms with Gasteiger partial charge in [-0.1, -0.05) is 110 Å². The Labute approximate surface area is 290 Å². The second-order valence-electron chi connectivity index (χ2n) is 12.0. The van der Waals surface area contributed by atoms with Crippen LogP contribution in [-0.4, -0.2) is 38.5 Å². The van der Waals surface area contributed by atoms with E-state index in [0.29, 0.717) is 32.8 Å². The molecule has 0 fully saturated rings. The zero-order chi connectivity index (χ0) is 34.0. The summed E-state index contributed by atoms with van der Waals surface area (Å²) in [6.07, 6.45) is 4.92. The highest BCUT2D eigenvalue weighted by atomic mass is 16.6. The van der Waals surface area contributed by atoms with Gasteiger partial charge in [-0.25, -0.2) is 4.79 Å². The van der Waals surface area contributed by atoms with Crippen LogP contribution in [0.5, 0.6) is 5.75 Å². The van der Waals surface area contributed by atoms with Crippen molar-refractivity contribution in [1.29, 1.82) is 0 Å². The van der Waals surface area contributed by atoms with Crippen LogP contribution in [0.3, 0.4) is 0 Å². The molecule has 6 rings (SSSR count). The first-order valence-corrected chi connectivity index (χ1v) is 17.3. The van der Waals surface area contributed by atoms with Crippen molar-refractivity contribution in [2.24, 2.45) is 0 Å². The van der Waals surface area contributed by atoms with Crippen LogP contribution in [0.15, 0.2) is 115 Å². The first-order chi connectivity index (χ1) is 24.1. The molecule has 0 radical (unpaired) electrons. The van der Waals surface area contributed by atoms with Crippen molar-refractivity contribution >= 4 is 18.1 Å². The van der Waals surface area contributed by atoms with Crippen LogP contribution in [0.25, 0.3) is 34.4 Å². The summed E-state index contributed by atoms with van der Waals surface area (Å²) < 4.78 is 23.8. The monoisotopic (exact) mass is 652 g/mol. The van der Waals surface area contributed by atoms with E-state index in [9.17, 15) is 4.79 Å². The SMILES string of the molecule is CCOC(=O)C(Cc1ccc(OCCOC2c3cc(-c4ccccc4)ccc3C=Cc3c(CC)cc(-c4ccccc4)cc32)cc1)OCC. The number of rotatable bonds is 14. The smallest absolute Gasteiger partial charge is 0.335 e. The fraction of sp³-hybridized carbons (Fsp3) is 0.250. The number of fused-ring (bicyclic) bond motifs is 2. The molecule has 5 aromatic carbocycles. The second-order valence-corrected chi connectivity index (χ2v) is 12.0. The second kappa shape index (κ2) is 16.4. The maximum absolute atomic E-state index is 12.3. The lowest BCUT2D eigenvalue weighted by atomic mass is 9.88. The van der Waals surface area contributed by atoms with Crippen molar-refractivity contribution in [2.45, 2.75) is 45.8 Å². The van der Waals surface area contributed by atoms with Crippen LogP contribution in [0, 0.1) is 0 Å². The van der Waals surface area contributed by atoms with E-state index in [1.54, 1.807) is 6.92 Å². The Bertz CT molecular complexity index is 1860. The van der Waals surface area contributed by atoms with E-state index in [1.807, 2.05) is 37.3 Å². The molecule has 5 nitrogen and oxygen atoms in total. The van der Waals surface area contributed by atoms with E-state index in [4.69, 9.17) is 18.9 Å². The molecule has 0 saturated heterocycles. The van der Waals surface area contributed by atoms with E-state index in [2.05, 4.69) is 104 Å². The molecule has 49 heavy (non-hydrogen) atoms. The predicted molar refractivity (Wildman–Crippen MR) is 198 cm³/mol. The molecule has 0 saturated carbocycles. The highest BCUT2D eigenvalue weighted by molar-refractivity contribution is 5.82. The van der Waals surface area contributed by atoms with Crippen LogP contribution >= 0.6 is 0 Å². The third kappa shape index (κ3) is 8.19. The molecule has 2 unspecified atom stereocenters. The minimum absolute atomic E-state index is 0.290. The van der Waals surface area contributed by atoms with Crippen LogP contribution in [-0.2, 0) is 31.8 Å². The molecule has 5 heteroatoms. The van der Waals surface area contributed by atoms with E-state index in [1.165, 1.54) is 27.8 Å². The summed E-state index contributed by atoms with van der Waals surface area (Å²) in [5.41, 5.74) is 11.6. The van der Waals surface area contributed by atoms with Gasteiger partial charge in [-0.3, -0.25) is 0 Å². The maximum Gasteiger partial charge on any atom is 0.335 e. The number of esters is 1. The summed E-state index contributed by atoms with van der Waals surface area (Å²) >= 11 is 0. The van der Waals surface area contributed by atoms with Gasteiger partial charge in [-0.05, 0) is 100 Å². The quantitative estimate of drug-likeness (QED) is 0.0883. The van der Waals surface area contributed by atoms with E-state index >= 15 is 0 Å². The van der Waals surface area contributed by atoms with Gasteiger partial charge in [0.25, 0.3) is 0 Å². The number of aryl methyl sites for hydroxylation is 1. The Morgan fingerprint density at radius 2 is 1.37 bits per heavy atom. The molecule has 0 amide bonds. The van der Waals surface area contributed by atoms with Crippen molar-refractivity contribution < 1.29 is 23.7 Å². The summed E-state index contributed by atoms with van der Waals surface area (Å²) in [7, 11) is 0. The Balaban J connectivity index is 1.25. The Morgan fingerprint density at radius 3 is 2.04 bits per heavy atom. The zero-order valence-electron chi connectivity index (χ0n) is 28.6. The lowest BCUT2D eigenvalue weighted by Gasteiger charge is -2.24. The van der Waals surface area contributed by atoms with Gasteiger partial charge in [0, 0.05) is 13.0 Å². The third-order valence-corrected chi connectivity index (χ3v) is 8.87. The van der Waals surface area contributed by atoms with Crippen molar-refractivity contribution in [3.63, 3.8) is 0 Å². The molecule has 0 spiro atoms. The Morgan fingerprint density at radius 1 is 0.673 bits per heavy atom. The molecule has 0 heterocycles. The minimum Gasteiger partial charge on any atom is -0.491 e. The first kappa shape index (κ1) is 33.9. The molecule has 0 N–H and O–H groups in total. The summed E-state index contributed by atoms with van der Waals surface area (Å²) in [5, 5.41) is 0. The van der Waals surface area contributed by atoms with Gasteiger partial charge in [0.05, 0.1) is 13.2 Å². The van der Waals surface area contributed by atoms with Crippen LogP contribution in [0.4, 0.5) is 0 Å². The number of hydrogen-bond acceptors (Lipinski definition) is 5. The fourth-order valence-electron chi connectivity index (χ4n) is 6.44. The van der Waals surface area contributed by atoms with Gasteiger partial charge in [0.2, 0.25) is 0 Å². The molecule has 250 valence electrons. The molecule has 1 aliphatic rings. The molecular formula is C44H44O5. The van der Waals surface area contributed by atoms with Gasteiger partial charge in [0.15, 0.2) is 6.10 Å². The lowest BCUT2D eigenvalue weighted by molar-refractivity contribution is -0.156. The number of ether oxygens (including phenoxy) is 4. The summed E-state index contributed by atoms with van der Waals surface area (Å²) in [6.45, 7) is 7.44. The molecule has 1 aliphatic carbocycles. The van der Waals surface area contributed by atoms with Crippen molar-refractivity contribution in [2.75, 3.05) is 26.4 Å². The normalized spacial score (nSPS) is 14.0. The predicted octanol–water partition coefficient (Wildman–Crippen LogP) is 9.76. The van der Waals surface area contributed by atoms with Gasteiger partial charge >= 0.3 is 5.97 Å². The number of carbonyl (C=O) groups is 1. The van der Waals surface area contributed by atoms with Gasteiger partial charge in [-0.15, -0.1) is 0 Å².